The molecule has 0 bridgehead atoms. The lowest BCUT2D eigenvalue weighted by molar-refractivity contribution is -0.384. The summed E-state index contributed by atoms with van der Waals surface area (Å²) in [7, 11) is 0. The quantitative estimate of drug-likeness (QED) is 0.299. The molecule has 0 saturated heterocycles. The molecule has 2 aromatic carbocycles. The van der Waals surface area contributed by atoms with Gasteiger partial charge in [0.2, 0.25) is 5.82 Å². The third-order valence-corrected chi connectivity index (χ3v) is 5.08. The molecule has 33 heavy (non-hydrogen) atoms. The van der Waals surface area contributed by atoms with Gasteiger partial charge in [-0.25, -0.2) is 9.36 Å². The van der Waals surface area contributed by atoms with Crippen molar-refractivity contribution in [2.45, 2.75) is 6.42 Å². The number of ketones is 1. The fourth-order valence-electron chi connectivity index (χ4n) is 2.96. The number of nitro groups is 1. The molecular weight excluding hydrogens is 477 g/mol. The number of benzene rings is 2. The number of nitrogens with one attached hydrogen (secondary N) is 1. The van der Waals surface area contributed by atoms with Crippen molar-refractivity contribution < 1.29 is 19.6 Å². The molecule has 1 aromatic heterocycles. The number of hydrogen-bond donors (Lipinski definition) is 2. The minimum atomic E-state index is -0.800. The number of imidazole rings is 1. The predicted molar refractivity (Wildman–Crippen MR) is 118 cm³/mol. The molecule has 2 heterocycles. The molecule has 0 unspecified atom stereocenters. The number of aliphatic imine (C=N–C) groups is 1. The number of Topliss-reactive ketones (excluding diaryl/α,β-unsaturated/α-hetero) is 1. The highest BCUT2D eigenvalue weighted by Crippen LogP contribution is 2.34. The van der Waals surface area contributed by atoms with E-state index in [4.69, 9.17) is 23.2 Å². The fraction of sp³-hybridized carbons (Fsp3) is 0.0526. The molecular formula is C19H11Cl2N7O5. The normalized spacial score (nSPS) is 13.2. The maximum atomic E-state index is 12.8. The number of fused-ring (bicyclic) bond motifs is 1. The Bertz CT molecular complexity index is 1370. The Balaban J connectivity index is 1.60. The van der Waals surface area contributed by atoms with Crippen LogP contribution in [0.1, 0.15) is 16.2 Å². The zero-order valence-electron chi connectivity index (χ0n) is 16.3. The van der Waals surface area contributed by atoms with Crippen LogP contribution in [0.2, 0.25) is 10.0 Å². The first-order valence-corrected chi connectivity index (χ1v) is 9.84. The van der Waals surface area contributed by atoms with Gasteiger partial charge in [0, 0.05) is 22.3 Å². The van der Waals surface area contributed by atoms with Crippen LogP contribution in [0.3, 0.4) is 0 Å². The van der Waals surface area contributed by atoms with Crippen molar-refractivity contribution in [3.63, 3.8) is 0 Å². The van der Waals surface area contributed by atoms with E-state index < -0.39 is 34.7 Å². The van der Waals surface area contributed by atoms with E-state index in [0.717, 1.165) is 4.57 Å². The first kappa shape index (κ1) is 22.0. The van der Waals surface area contributed by atoms with Crippen LogP contribution in [0.15, 0.2) is 57.7 Å². The number of hydrogen-bond acceptors (Lipinski definition) is 7. The monoisotopic (exact) mass is 487 g/mol. The number of azo groups is 1. The van der Waals surface area contributed by atoms with E-state index in [9.17, 15) is 24.8 Å². The van der Waals surface area contributed by atoms with Crippen LogP contribution in [0.5, 0.6) is 5.88 Å². The van der Waals surface area contributed by atoms with Crippen LogP contribution in [-0.2, 0) is 6.42 Å². The molecule has 2 amide bonds. The van der Waals surface area contributed by atoms with Crippen LogP contribution in [0.25, 0.3) is 0 Å². The zero-order chi connectivity index (χ0) is 23.7. The summed E-state index contributed by atoms with van der Waals surface area (Å²) < 4.78 is 1.12. The third-order valence-electron chi connectivity index (χ3n) is 4.43. The predicted octanol–water partition coefficient (Wildman–Crippen LogP) is 4.76. The minimum absolute atomic E-state index is 0.0434. The summed E-state index contributed by atoms with van der Waals surface area (Å²) in [6.45, 7) is 0. The lowest BCUT2D eigenvalue weighted by Gasteiger charge is -2.06. The highest BCUT2D eigenvalue weighted by molar-refractivity contribution is 6.36. The molecule has 3 aromatic rings. The molecule has 166 valence electrons. The second-order valence-corrected chi connectivity index (χ2v) is 7.37. The molecule has 12 nitrogen and oxygen atoms in total. The molecule has 1 aliphatic heterocycles. The maximum Gasteiger partial charge on any atom is 0.348 e. The van der Waals surface area contributed by atoms with Crippen molar-refractivity contribution in [2.24, 2.45) is 15.2 Å². The first-order chi connectivity index (χ1) is 15.7. The number of carbonyl (C=O) groups is 2. The number of aromatic hydroxyl groups is 1. The standard InChI is InChI=1S/C19H11Cl2N7O5/c20-9-4-6-10(7-5-9)22-19(31)24-18-26-25-16-17(30)23-14(27(16)18)8-13(29)11-2-1-3-12(15(11)21)28(32)33/h1-7,30H,8H2,(H,22,31)/b24-18-. The van der Waals surface area contributed by atoms with Crippen LogP contribution in [0, 0.1) is 10.1 Å². The number of rotatable bonds is 5. The van der Waals surface area contributed by atoms with E-state index in [1.54, 1.807) is 24.3 Å². The second-order valence-electron chi connectivity index (χ2n) is 6.56. The van der Waals surface area contributed by atoms with E-state index in [0.29, 0.717) is 10.7 Å². The van der Waals surface area contributed by atoms with E-state index in [1.165, 1.54) is 18.2 Å². The van der Waals surface area contributed by atoms with Gasteiger partial charge in [0.1, 0.15) is 10.8 Å². The number of urea groups is 1. The van der Waals surface area contributed by atoms with Gasteiger partial charge in [-0.3, -0.25) is 14.9 Å². The van der Waals surface area contributed by atoms with E-state index in [-0.39, 0.29) is 28.2 Å². The largest absolute Gasteiger partial charge is 0.491 e. The Morgan fingerprint density at radius 2 is 1.88 bits per heavy atom. The van der Waals surface area contributed by atoms with Crippen molar-refractivity contribution in [1.29, 1.82) is 0 Å². The molecule has 0 fully saturated rings. The van der Waals surface area contributed by atoms with Gasteiger partial charge in [-0.1, -0.05) is 29.3 Å². The Morgan fingerprint density at radius 3 is 2.58 bits per heavy atom. The summed E-state index contributed by atoms with van der Waals surface area (Å²) in [4.78, 5) is 43.1. The van der Waals surface area contributed by atoms with Crippen molar-refractivity contribution in [2.75, 3.05) is 5.32 Å². The average Bonchev–Trinajstić information content (AvgIpc) is 3.31. The van der Waals surface area contributed by atoms with Gasteiger partial charge in [0.25, 0.3) is 17.5 Å². The van der Waals surface area contributed by atoms with Gasteiger partial charge in [-0.2, -0.15) is 9.98 Å². The first-order valence-electron chi connectivity index (χ1n) is 9.08. The van der Waals surface area contributed by atoms with Gasteiger partial charge in [-0.15, -0.1) is 10.2 Å². The fourth-order valence-corrected chi connectivity index (χ4v) is 3.39. The summed E-state index contributed by atoms with van der Waals surface area (Å²) >= 11 is 11.8. The van der Waals surface area contributed by atoms with Gasteiger partial charge in [0.15, 0.2) is 5.78 Å². The summed E-state index contributed by atoms with van der Waals surface area (Å²) in [6, 6.07) is 9.31. The average molecular weight is 488 g/mol. The van der Waals surface area contributed by atoms with Gasteiger partial charge < -0.3 is 10.4 Å². The molecule has 2 N–H and O–H groups in total. The summed E-state index contributed by atoms with van der Waals surface area (Å²) in [5.41, 5.74) is -0.105. The Kier molecular flexibility index (Phi) is 5.85. The smallest absolute Gasteiger partial charge is 0.348 e. The molecule has 0 saturated carbocycles. The molecule has 0 radical (unpaired) electrons. The third kappa shape index (κ3) is 4.42. The minimum Gasteiger partial charge on any atom is -0.491 e. The lowest BCUT2D eigenvalue weighted by atomic mass is 10.1. The second kappa shape index (κ2) is 8.76. The van der Waals surface area contributed by atoms with Crippen molar-refractivity contribution >= 4 is 58.2 Å². The summed E-state index contributed by atoms with van der Waals surface area (Å²) in [5.74, 6) is -1.56. The highest BCUT2D eigenvalue weighted by Gasteiger charge is 2.29. The number of nitrogens with zero attached hydrogens (tertiary/aromatic N) is 6. The molecule has 0 aliphatic carbocycles. The van der Waals surface area contributed by atoms with Crippen LogP contribution >= 0.6 is 23.2 Å². The molecule has 0 spiro atoms. The summed E-state index contributed by atoms with van der Waals surface area (Å²) in [6.07, 6.45) is -0.433. The topological polar surface area (TPSA) is 164 Å². The zero-order valence-corrected chi connectivity index (χ0v) is 17.8. The van der Waals surface area contributed by atoms with Crippen molar-refractivity contribution in [3.8, 4) is 5.88 Å². The molecule has 1 aliphatic rings. The number of anilines is 1. The molecule has 4 rings (SSSR count). The van der Waals surface area contributed by atoms with Gasteiger partial charge in [0.05, 0.1) is 11.3 Å². The van der Waals surface area contributed by atoms with Crippen molar-refractivity contribution in [1.82, 2.24) is 9.55 Å². The number of carbonyl (C=O) groups excluding carboxylic acids is 2. The number of aromatic nitrogens is 2. The Morgan fingerprint density at radius 1 is 1.15 bits per heavy atom. The van der Waals surface area contributed by atoms with E-state index in [2.05, 4.69) is 25.5 Å². The molecule has 0 atom stereocenters. The SMILES string of the molecule is O=C(/N=C1/N=Nc2c(O)nc(CC(=O)c3cccc([N+](=O)[O-])c3Cl)n21)Nc1ccc(Cl)cc1. The molecule has 14 heteroatoms. The number of halogens is 2. The highest BCUT2D eigenvalue weighted by atomic mass is 35.5. The number of nitro benzene ring substituents is 1. The van der Waals surface area contributed by atoms with Gasteiger partial charge >= 0.3 is 6.03 Å². The Labute approximate surface area is 194 Å². The van der Waals surface area contributed by atoms with Crippen LogP contribution in [0.4, 0.5) is 22.0 Å². The van der Waals surface area contributed by atoms with E-state index in [1.807, 2.05) is 0 Å². The Hall–Kier alpha value is -4.16. The van der Waals surface area contributed by atoms with Gasteiger partial charge in [-0.05, 0) is 30.3 Å². The van der Waals surface area contributed by atoms with Crippen molar-refractivity contribution in [3.05, 3.63) is 74.0 Å². The number of amides is 2. The maximum absolute atomic E-state index is 12.8. The van der Waals surface area contributed by atoms with Crippen LogP contribution in [-0.4, -0.2) is 37.4 Å². The summed E-state index contributed by atoms with van der Waals surface area (Å²) in [5, 5.41) is 31.3. The van der Waals surface area contributed by atoms with Crippen LogP contribution < -0.4 is 5.32 Å². The van der Waals surface area contributed by atoms with E-state index >= 15 is 0 Å². The lowest BCUT2D eigenvalue weighted by Crippen LogP contribution is -2.17.